The van der Waals surface area contributed by atoms with Crippen LogP contribution in [0.5, 0.6) is 17.4 Å². The van der Waals surface area contributed by atoms with Gasteiger partial charge in [-0.25, -0.2) is 4.98 Å². The second-order valence-electron chi connectivity index (χ2n) is 7.71. The van der Waals surface area contributed by atoms with E-state index in [-0.39, 0.29) is 5.28 Å². The molecule has 0 amide bonds. The van der Waals surface area contributed by atoms with Gasteiger partial charge in [0.15, 0.2) is 11.2 Å². The molecule has 0 saturated heterocycles. The molecule has 0 spiro atoms. The molecule has 2 aromatic heterocycles. The number of hydrogen-bond donors (Lipinski definition) is 0. The molecule has 1 aliphatic carbocycles. The number of aryl methyl sites for hydroxylation is 1. The van der Waals surface area contributed by atoms with Crippen molar-refractivity contribution in [2.45, 2.75) is 38.6 Å². The Kier molecular flexibility index (Phi) is 5.24. The number of imidazole rings is 1. The van der Waals surface area contributed by atoms with E-state index in [1.54, 1.807) is 7.11 Å². The number of methoxy groups -OCH3 is 1. The van der Waals surface area contributed by atoms with Crippen LogP contribution in [-0.4, -0.2) is 26.6 Å². The van der Waals surface area contributed by atoms with Gasteiger partial charge in [0, 0.05) is 5.92 Å². The highest BCUT2D eigenvalue weighted by molar-refractivity contribution is 6.28. The number of halogens is 1. The van der Waals surface area contributed by atoms with Crippen molar-refractivity contribution in [1.29, 1.82) is 0 Å². The second kappa shape index (κ2) is 8.19. The summed E-state index contributed by atoms with van der Waals surface area (Å²) in [7, 11) is 1.67. The lowest BCUT2D eigenvalue weighted by atomic mass is 10.1. The molecule has 5 rings (SSSR count). The first kappa shape index (κ1) is 19.8. The lowest BCUT2D eigenvalue weighted by molar-refractivity contribution is 0.414. The third-order valence-electron chi connectivity index (χ3n) is 5.57. The van der Waals surface area contributed by atoms with Gasteiger partial charge in [0.1, 0.15) is 17.3 Å². The second-order valence-corrected chi connectivity index (χ2v) is 8.05. The molecular weight excluding hydrogens is 412 g/mol. The summed E-state index contributed by atoms with van der Waals surface area (Å²) in [6.07, 6.45) is 3.11. The van der Waals surface area contributed by atoms with E-state index in [2.05, 4.69) is 33.6 Å². The van der Waals surface area contributed by atoms with Gasteiger partial charge in [-0.15, -0.1) is 0 Å². The lowest BCUT2D eigenvalue weighted by Gasteiger charge is -2.11. The molecule has 0 bridgehead atoms. The number of nitrogens with zero attached hydrogens (tertiary/aromatic N) is 4. The van der Waals surface area contributed by atoms with E-state index in [9.17, 15) is 0 Å². The van der Waals surface area contributed by atoms with Crippen LogP contribution < -0.4 is 9.47 Å². The number of para-hydroxylation sites is 1. The molecule has 4 aromatic rings. The Morgan fingerprint density at radius 3 is 2.52 bits per heavy atom. The van der Waals surface area contributed by atoms with Gasteiger partial charge in [-0.2, -0.15) is 9.97 Å². The fourth-order valence-electron chi connectivity index (χ4n) is 3.76. The normalized spacial score (nSPS) is 13.5. The SMILES string of the molecule is CCc1ccccc1Oc1nc(Cl)nc2c1nc(C1CC1)n2Cc1ccc(OC)cc1. The Balaban J connectivity index is 1.59. The largest absolute Gasteiger partial charge is 0.497 e. The molecule has 7 heteroatoms. The average molecular weight is 435 g/mol. The van der Waals surface area contributed by atoms with Crippen molar-refractivity contribution in [1.82, 2.24) is 19.5 Å². The maximum atomic E-state index is 6.32. The highest BCUT2D eigenvalue weighted by atomic mass is 35.5. The molecule has 2 aromatic carbocycles. The monoisotopic (exact) mass is 434 g/mol. The van der Waals surface area contributed by atoms with E-state index in [4.69, 9.17) is 26.1 Å². The summed E-state index contributed by atoms with van der Waals surface area (Å²) in [6, 6.07) is 16.0. The average Bonchev–Trinajstić information content (AvgIpc) is 3.57. The minimum absolute atomic E-state index is 0.148. The van der Waals surface area contributed by atoms with Crippen LogP contribution in [0.1, 0.15) is 42.6 Å². The molecule has 158 valence electrons. The quantitative estimate of drug-likeness (QED) is 0.345. The minimum atomic E-state index is 0.148. The first-order valence-electron chi connectivity index (χ1n) is 10.5. The Labute approximate surface area is 185 Å². The van der Waals surface area contributed by atoms with Gasteiger partial charge in [0.05, 0.1) is 13.7 Å². The molecular formula is C24H23ClN4O2. The smallest absolute Gasteiger partial charge is 0.252 e. The summed E-state index contributed by atoms with van der Waals surface area (Å²) in [5.41, 5.74) is 3.58. The van der Waals surface area contributed by atoms with Crippen LogP contribution in [0.4, 0.5) is 0 Å². The standard InChI is InChI=1S/C24H23ClN4O2/c1-3-16-6-4-5-7-19(16)31-23-20-22(27-24(25)28-23)29(21(26-20)17-10-11-17)14-15-8-12-18(30-2)13-9-15/h4-9,12-13,17H,3,10-11,14H2,1-2H3. The van der Waals surface area contributed by atoms with Crippen LogP contribution in [0.2, 0.25) is 5.28 Å². The zero-order chi connectivity index (χ0) is 21.4. The Morgan fingerprint density at radius 1 is 1.03 bits per heavy atom. The van der Waals surface area contributed by atoms with E-state index in [0.29, 0.717) is 29.5 Å². The van der Waals surface area contributed by atoms with Crippen molar-refractivity contribution in [3.63, 3.8) is 0 Å². The molecule has 2 heterocycles. The van der Waals surface area contributed by atoms with Crippen molar-refractivity contribution in [3.8, 4) is 17.4 Å². The topological polar surface area (TPSA) is 62.1 Å². The maximum absolute atomic E-state index is 6.32. The molecule has 0 aliphatic heterocycles. The fourth-order valence-corrected chi connectivity index (χ4v) is 3.92. The van der Waals surface area contributed by atoms with Crippen LogP contribution in [0.3, 0.4) is 0 Å². The third kappa shape index (κ3) is 3.95. The summed E-state index contributed by atoms with van der Waals surface area (Å²) in [5, 5.41) is 0.148. The number of ether oxygens (including phenoxy) is 2. The van der Waals surface area contributed by atoms with Gasteiger partial charge in [-0.1, -0.05) is 37.3 Å². The number of benzene rings is 2. The van der Waals surface area contributed by atoms with Crippen LogP contribution in [0.15, 0.2) is 48.5 Å². The summed E-state index contributed by atoms with van der Waals surface area (Å²) in [4.78, 5) is 13.8. The zero-order valence-corrected chi connectivity index (χ0v) is 18.3. The Morgan fingerprint density at radius 2 is 1.81 bits per heavy atom. The van der Waals surface area contributed by atoms with E-state index >= 15 is 0 Å². The van der Waals surface area contributed by atoms with Crippen LogP contribution in [0, 0.1) is 0 Å². The van der Waals surface area contributed by atoms with Crippen molar-refractivity contribution in [2.24, 2.45) is 0 Å². The van der Waals surface area contributed by atoms with Crippen LogP contribution >= 0.6 is 11.6 Å². The van der Waals surface area contributed by atoms with Crippen LogP contribution in [0.25, 0.3) is 11.2 Å². The fraction of sp³-hybridized carbons (Fsp3) is 0.292. The van der Waals surface area contributed by atoms with Crippen molar-refractivity contribution in [2.75, 3.05) is 7.11 Å². The number of fused-ring (bicyclic) bond motifs is 1. The third-order valence-corrected chi connectivity index (χ3v) is 5.74. The van der Waals surface area contributed by atoms with Crippen LogP contribution in [-0.2, 0) is 13.0 Å². The van der Waals surface area contributed by atoms with E-state index in [0.717, 1.165) is 47.7 Å². The molecule has 1 fully saturated rings. The van der Waals surface area contributed by atoms with E-state index < -0.39 is 0 Å². The first-order valence-corrected chi connectivity index (χ1v) is 10.9. The van der Waals surface area contributed by atoms with E-state index in [1.165, 1.54) is 0 Å². The lowest BCUT2D eigenvalue weighted by Crippen LogP contribution is -2.05. The molecule has 0 N–H and O–H groups in total. The number of rotatable bonds is 7. The zero-order valence-electron chi connectivity index (χ0n) is 17.5. The summed E-state index contributed by atoms with van der Waals surface area (Å²) < 4.78 is 13.6. The highest BCUT2D eigenvalue weighted by Crippen LogP contribution is 2.42. The summed E-state index contributed by atoms with van der Waals surface area (Å²) >= 11 is 6.32. The van der Waals surface area contributed by atoms with Gasteiger partial charge >= 0.3 is 0 Å². The van der Waals surface area contributed by atoms with Crippen molar-refractivity contribution in [3.05, 3.63) is 70.8 Å². The Hall–Kier alpha value is -3.12. The van der Waals surface area contributed by atoms with Gasteiger partial charge in [-0.3, -0.25) is 0 Å². The molecule has 0 radical (unpaired) electrons. The number of aromatic nitrogens is 4. The highest BCUT2D eigenvalue weighted by Gasteiger charge is 2.31. The molecule has 1 saturated carbocycles. The molecule has 0 unspecified atom stereocenters. The number of hydrogen-bond acceptors (Lipinski definition) is 5. The van der Waals surface area contributed by atoms with Gasteiger partial charge in [0.2, 0.25) is 5.28 Å². The van der Waals surface area contributed by atoms with Gasteiger partial charge in [0.25, 0.3) is 5.88 Å². The predicted octanol–water partition coefficient (Wildman–Crippen LogP) is 5.77. The maximum Gasteiger partial charge on any atom is 0.252 e. The molecule has 1 aliphatic rings. The molecule has 31 heavy (non-hydrogen) atoms. The summed E-state index contributed by atoms with van der Waals surface area (Å²) in [5.74, 6) is 3.43. The Bertz CT molecular complexity index is 1230. The predicted molar refractivity (Wildman–Crippen MR) is 120 cm³/mol. The van der Waals surface area contributed by atoms with Gasteiger partial charge in [-0.05, 0) is 60.2 Å². The summed E-state index contributed by atoms with van der Waals surface area (Å²) in [6.45, 7) is 2.74. The molecule has 0 atom stereocenters. The minimum Gasteiger partial charge on any atom is -0.497 e. The first-order chi connectivity index (χ1) is 15.2. The van der Waals surface area contributed by atoms with Crippen molar-refractivity contribution < 1.29 is 9.47 Å². The molecule has 6 nitrogen and oxygen atoms in total. The van der Waals surface area contributed by atoms with Crippen molar-refractivity contribution >= 4 is 22.8 Å². The van der Waals surface area contributed by atoms with Gasteiger partial charge < -0.3 is 14.0 Å². The van der Waals surface area contributed by atoms with E-state index in [1.807, 2.05) is 36.4 Å².